The number of nitrogens with one attached hydrogen (secondary N) is 1. The lowest BCUT2D eigenvalue weighted by Gasteiger charge is -2.31. The number of piperidine rings is 1. The minimum atomic E-state index is -0.131. The normalized spacial score (nSPS) is 17.0. The Bertz CT molecular complexity index is 956. The van der Waals surface area contributed by atoms with Crippen molar-refractivity contribution in [1.82, 2.24) is 4.90 Å². The molecule has 7 nitrogen and oxygen atoms in total. The highest BCUT2D eigenvalue weighted by molar-refractivity contribution is 5.96. The van der Waals surface area contributed by atoms with Crippen molar-refractivity contribution in [2.45, 2.75) is 44.6 Å². The summed E-state index contributed by atoms with van der Waals surface area (Å²) in [5.74, 6) is 1.73. The van der Waals surface area contributed by atoms with Gasteiger partial charge in [0.25, 0.3) is 5.91 Å². The zero-order valence-electron chi connectivity index (χ0n) is 19.3. The highest BCUT2D eigenvalue weighted by Gasteiger charge is 2.28. The van der Waals surface area contributed by atoms with Gasteiger partial charge >= 0.3 is 0 Å². The molecule has 2 aliphatic rings. The van der Waals surface area contributed by atoms with Crippen LogP contribution in [-0.2, 0) is 4.79 Å². The lowest BCUT2D eigenvalue weighted by Crippen LogP contribution is -2.41. The number of carbonyl (C=O) groups is 2. The number of hydrogen-bond donors (Lipinski definition) is 1. The number of methoxy groups -OCH3 is 2. The summed E-state index contributed by atoms with van der Waals surface area (Å²) < 4.78 is 16.6. The minimum Gasteiger partial charge on any atom is -0.497 e. The van der Waals surface area contributed by atoms with Crippen LogP contribution in [0.1, 0.15) is 48.9 Å². The van der Waals surface area contributed by atoms with Gasteiger partial charge in [0.15, 0.2) is 0 Å². The first-order valence-electron chi connectivity index (χ1n) is 11.7. The number of carbonyl (C=O) groups excluding carboxylic acids is 2. The van der Waals surface area contributed by atoms with Gasteiger partial charge in [0.1, 0.15) is 17.2 Å². The Labute approximate surface area is 195 Å². The molecule has 1 aliphatic heterocycles. The van der Waals surface area contributed by atoms with E-state index in [4.69, 9.17) is 14.2 Å². The summed E-state index contributed by atoms with van der Waals surface area (Å²) in [5.41, 5.74) is 1.27. The Kier molecular flexibility index (Phi) is 7.37. The highest BCUT2D eigenvalue weighted by Crippen LogP contribution is 2.28. The Morgan fingerprint density at radius 2 is 1.55 bits per heavy atom. The SMILES string of the molecule is COc1cc(OC)cc(C(=O)N2CCC(C(=O)Nc3cccc(OC4CCCC4)c3)CC2)c1. The maximum atomic E-state index is 13.0. The van der Waals surface area contributed by atoms with E-state index in [1.165, 1.54) is 12.8 Å². The molecule has 1 N–H and O–H groups in total. The molecule has 1 heterocycles. The predicted molar refractivity (Wildman–Crippen MR) is 126 cm³/mol. The molecule has 2 amide bonds. The fourth-order valence-corrected chi connectivity index (χ4v) is 4.55. The summed E-state index contributed by atoms with van der Waals surface area (Å²) in [5, 5.41) is 3.03. The maximum Gasteiger partial charge on any atom is 0.254 e. The smallest absolute Gasteiger partial charge is 0.254 e. The van der Waals surface area contributed by atoms with Crippen molar-refractivity contribution >= 4 is 17.5 Å². The molecule has 0 bridgehead atoms. The van der Waals surface area contributed by atoms with Crippen molar-refractivity contribution < 1.29 is 23.8 Å². The molecule has 2 aromatic carbocycles. The van der Waals surface area contributed by atoms with Gasteiger partial charge in [-0.15, -0.1) is 0 Å². The van der Waals surface area contributed by atoms with Crippen molar-refractivity contribution in [2.24, 2.45) is 5.92 Å². The molecule has 4 rings (SSSR count). The van der Waals surface area contributed by atoms with Crippen LogP contribution in [0.5, 0.6) is 17.2 Å². The number of hydrogen-bond acceptors (Lipinski definition) is 5. The van der Waals surface area contributed by atoms with E-state index in [-0.39, 0.29) is 23.8 Å². The van der Waals surface area contributed by atoms with Crippen LogP contribution in [0.15, 0.2) is 42.5 Å². The molecule has 0 radical (unpaired) electrons. The van der Waals surface area contributed by atoms with E-state index in [0.717, 1.165) is 24.3 Å². The molecule has 176 valence electrons. The molecule has 1 saturated heterocycles. The minimum absolute atomic E-state index is 0.0110. The standard InChI is InChI=1S/C26H32N2O5/c1-31-23-14-19(15-24(17-23)32-2)26(30)28-12-10-18(11-13-28)25(29)27-20-6-5-9-22(16-20)33-21-7-3-4-8-21/h5-6,9,14-18,21H,3-4,7-8,10-13H2,1-2H3,(H,27,29). The highest BCUT2D eigenvalue weighted by atomic mass is 16.5. The van der Waals surface area contributed by atoms with Crippen molar-refractivity contribution in [3.63, 3.8) is 0 Å². The number of anilines is 1. The first kappa shape index (κ1) is 23.0. The number of rotatable bonds is 7. The summed E-state index contributed by atoms with van der Waals surface area (Å²) in [6, 6.07) is 12.8. The van der Waals surface area contributed by atoms with Gasteiger partial charge in [-0.05, 0) is 62.8 Å². The Morgan fingerprint density at radius 3 is 2.18 bits per heavy atom. The number of ether oxygens (including phenoxy) is 3. The second kappa shape index (κ2) is 10.6. The van der Waals surface area contributed by atoms with Crippen LogP contribution in [0, 0.1) is 5.92 Å². The van der Waals surface area contributed by atoms with Gasteiger partial charge < -0.3 is 24.4 Å². The molecule has 2 aromatic rings. The summed E-state index contributed by atoms with van der Waals surface area (Å²) in [6.45, 7) is 1.06. The van der Waals surface area contributed by atoms with E-state index in [2.05, 4.69) is 5.32 Å². The average molecular weight is 453 g/mol. The number of likely N-dealkylation sites (tertiary alicyclic amines) is 1. The lowest BCUT2D eigenvalue weighted by molar-refractivity contribution is -0.121. The first-order chi connectivity index (χ1) is 16.1. The number of amides is 2. The molecule has 0 atom stereocenters. The van der Waals surface area contributed by atoms with Crippen LogP contribution < -0.4 is 19.5 Å². The van der Waals surface area contributed by atoms with Gasteiger partial charge in [-0.1, -0.05) is 6.07 Å². The summed E-state index contributed by atoms with van der Waals surface area (Å²) in [7, 11) is 3.12. The summed E-state index contributed by atoms with van der Waals surface area (Å²) in [6.07, 6.45) is 6.14. The van der Waals surface area contributed by atoms with Crippen molar-refractivity contribution in [1.29, 1.82) is 0 Å². The number of benzene rings is 2. The van der Waals surface area contributed by atoms with Crippen LogP contribution in [-0.4, -0.2) is 50.1 Å². The Hall–Kier alpha value is -3.22. The van der Waals surface area contributed by atoms with E-state index >= 15 is 0 Å². The van der Waals surface area contributed by atoms with Gasteiger partial charge in [0.05, 0.1) is 20.3 Å². The first-order valence-corrected chi connectivity index (χ1v) is 11.7. The zero-order chi connectivity index (χ0) is 23.2. The molecule has 7 heteroatoms. The molecular weight excluding hydrogens is 420 g/mol. The molecule has 33 heavy (non-hydrogen) atoms. The van der Waals surface area contributed by atoms with Gasteiger partial charge in [-0.2, -0.15) is 0 Å². The Balaban J connectivity index is 1.31. The second-order valence-electron chi connectivity index (χ2n) is 8.71. The van der Waals surface area contributed by atoms with Gasteiger partial charge in [0.2, 0.25) is 5.91 Å². The molecule has 0 unspecified atom stereocenters. The zero-order valence-corrected chi connectivity index (χ0v) is 19.3. The van der Waals surface area contributed by atoms with E-state index in [1.54, 1.807) is 37.3 Å². The molecule has 1 saturated carbocycles. The summed E-state index contributed by atoms with van der Waals surface area (Å²) >= 11 is 0. The average Bonchev–Trinajstić information content (AvgIpc) is 3.36. The van der Waals surface area contributed by atoms with Crippen LogP contribution in [0.3, 0.4) is 0 Å². The van der Waals surface area contributed by atoms with Gasteiger partial charge in [0, 0.05) is 42.4 Å². The van der Waals surface area contributed by atoms with E-state index in [9.17, 15) is 9.59 Å². The Morgan fingerprint density at radius 1 is 0.879 bits per heavy atom. The van der Waals surface area contributed by atoms with E-state index in [0.29, 0.717) is 43.0 Å². The van der Waals surface area contributed by atoms with Crippen LogP contribution in [0.25, 0.3) is 0 Å². The quantitative estimate of drug-likeness (QED) is 0.669. The third-order valence-electron chi connectivity index (χ3n) is 6.46. The second-order valence-corrected chi connectivity index (χ2v) is 8.71. The molecule has 0 aromatic heterocycles. The predicted octanol–water partition coefficient (Wildman–Crippen LogP) is 4.52. The van der Waals surface area contributed by atoms with Gasteiger partial charge in [-0.3, -0.25) is 9.59 Å². The van der Waals surface area contributed by atoms with Crippen LogP contribution in [0.2, 0.25) is 0 Å². The molecule has 0 spiro atoms. The molecule has 2 fully saturated rings. The van der Waals surface area contributed by atoms with Crippen molar-refractivity contribution in [2.75, 3.05) is 32.6 Å². The van der Waals surface area contributed by atoms with Gasteiger partial charge in [-0.25, -0.2) is 0 Å². The monoisotopic (exact) mass is 452 g/mol. The fourth-order valence-electron chi connectivity index (χ4n) is 4.55. The maximum absolute atomic E-state index is 13.0. The van der Waals surface area contributed by atoms with E-state index in [1.807, 2.05) is 24.3 Å². The molecular formula is C26H32N2O5. The largest absolute Gasteiger partial charge is 0.497 e. The van der Waals surface area contributed by atoms with Crippen LogP contribution in [0.4, 0.5) is 5.69 Å². The molecule has 1 aliphatic carbocycles. The van der Waals surface area contributed by atoms with E-state index < -0.39 is 0 Å². The number of nitrogens with zero attached hydrogens (tertiary/aromatic N) is 1. The fraction of sp³-hybridized carbons (Fsp3) is 0.462. The third kappa shape index (κ3) is 5.78. The summed E-state index contributed by atoms with van der Waals surface area (Å²) in [4.78, 5) is 27.6. The lowest BCUT2D eigenvalue weighted by atomic mass is 9.95. The van der Waals surface area contributed by atoms with Crippen molar-refractivity contribution in [3.8, 4) is 17.2 Å². The topological polar surface area (TPSA) is 77.1 Å². The third-order valence-corrected chi connectivity index (χ3v) is 6.46. The van der Waals surface area contributed by atoms with Crippen molar-refractivity contribution in [3.05, 3.63) is 48.0 Å². The van der Waals surface area contributed by atoms with Crippen LogP contribution >= 0.6 is 0 Å².